The Kier molecular flexibility index (Phi) is 9.95. The van der Waals surface area contributed by atoms with Crippen LogP contribution in [0.15, 0.2) is 43.2 Å². The third-order valence-electron chi connectivity index (χ3n) is 7.63. The van der Waals surface area contributed by atoms with Crippen molar-refractivity contribution in [2.24, 2.45) is 5.92 Å². The van der Waals surface area contributed by atoms with Crippen molar-refractivity contribution in [3.05, 3.63) is 71.2 Å². The van der Waals surface area contributed by atoms with E-state index in [2.05, 4.69) is 79.1 Å². The average Bonchev–Trinajstić information content (AvgIpc) is 3.37. The van der Waals surface area contributed by atoms with Crippen LogP contribution in [0.4, 0.5) is 11.4 Å². The lowest BCUT2D eigenvalue weighted by molar-refractivity contribution is 0.504. The Morgan fingerprint density at radius 2 is 1.78 bits per heavy atom. The van der Waals surface area contributed by atoms with Crippen LogP contribution in [0.5, 0.6) is 0 Å². The molecular formula is C32H46N4. The fourth-order valence-electron chi connectivity index (χ4n) is 5.12. The Balaban J connectivity index is 0.000000537. The van der Waals surface area contributed by atoms with Gasteiger partial charge in [0.2, 0.25) is 0 Å². The predicted molar refractivity (Wildman–Crippen MR) is 157 cm³/mol. The van der Waals surface area contributed by atoms with Gasteiger partial charge in [-0.2, -0.15) is 0 Å². The fourth-order valence-corrected chi connectivity index (χ4v) is 5.12. The third kappa shape index (κ3) is 5.75. The monoisotopic (exact) mass is 486 g/mol. The van der Waals surface area contributed by atoms with Crippen LogP contribution < -0.4 is 10.6 Å². The van der Waals surface area contributed by atoms with Crippen LogP contribution in [0.25, 0.3) is 17.3 Å². The number of benzene rings is 1. The molecule has 2 aromatic heterocycles. The highest BCUT2D eigenvalue weighted by atomic mass is 15.0. The van der Waals surface area contributed by atoms with Crippen LogP contribution in [0.3, 0.4) is 0 Å². The molecule has 0 aliphatic heterocycles. The van der Waals surface area contributed by atoms with Gasteiger partial charge in [0, 0.05) is 46.9 Å². The highest BCUT2D eigenvalue weighted by molar-refractivity contribution is 5.89. The second kappa shape index (κ2) is 12.9. The maximum Gasteiger partial charge on any atom is 0.0720 e. The number of hydrogen-bond acceptors (Lipinski definition) is 3. The number of hydrogen-bond donors (Lipinski definition) is 3. The van der Waals surface area contributed by atoms with E-state index >= 15 is 0 Å². The molecule has 1 aromatic carbocycles. The molecule has 3 atom stereocenters. The number of aryl methyl sites for hydroxylation is 2. The van der Waals surface area contributed by atoms with Gasteiger partial charge < -0.3 is 15.6 Å². The molecule has 2 aliphatic rings. The third-order valence-corrected chi connectivity index (χ3v) is 7.63. The van der Waals surface area contributed by atoms with Gasteiger partial charge in [-0.3, -0.25) is 4.98 Å². The summed E-state index contributed by atoms with van der Waals surface area (Å²) >= 11 is 0. The lowest BCUT2D eigenvalue weighted by atomic mass is 10.0. The Hall–Kier alpha value is -2.85. The first-order valence-corrected chi connectivity index (χ1v) is 13.8. The van der Waals surface area contributed by atoms with Crippen molar-refractivity contribution >= 4 is 17.5 Å². The summed E-state index contributed by atoms with van der Waals surface area (Å²) in [5.74, 6) is 1.05. The van der Waals surface area contributed by atoms with E-state index in [1.54, 1.807) is 0 Å². The van der Waals surface area contributed by atoms with Crippen LogP contribution in [0.1, 0.15) is 87.2 Å². The molecule has 2 aliphatic carbocycles. The number of aromatic nitrogens is 2. The number of nitrogens with zero attached hydrogens (tertiary/aromatic N) is 1. The number of H-pyrrole nitrogens is 1. The molecule has 4 nitrogen and oxygen atoms in total. The van der Waals surface area contributed by atoms with Crippen molar-refractivity contribution in [2.45, 2.75) is 85.6 Å². The van der Waals surface area contributed by atoms with E-state index in [1.807, 2.05) is 39.4 Å². The van der Waals surface area contributed by atoms with E-state index in [4.69, 9.17) is 0 Å². The van der Waals surface area contributed by atoms with Gasteiger partial charge in [-0.25, -0.2) is 0 Å². The molecule has 5 rings (SSSR count). The summed E-state index contributed by atoms with van der Waals surface area (Å²) in [6.07, 6.45) is 12.8. The second-order valence-corrected chi connectivity index (χ2v) is 9.79. The molecule has 2 fully saturated rings. The van der Waals surface area contributed by atoms with Crippen LogP contribution >= 0.6 is 0 Å². The fraction of sp³-hybridized carbons (Fsp3) is 0.469. The van der Waals surface area contributed by atoms with Crippen LogP contribution in [-0.2, 0) is 6.42 Å². The Labute approximate surface area is 219 Å². The zero-order valence-corrected chi connectivity index (χ0v) is 23.5. The molecule has 36 heavy (non-hydrogen) atoms. The molecule has 0 saturated heterocycles. The minimum atomic E-state index is 0.461. The number of pyridine rings is 1. The van der Waals surface area contributed by atoms with E-state index in [0.29, 0.717) is 17.9 Å². The standard InChI is InChI=1S/C26H32N4.C4H8.C2H6/c1-7-18-15(3)10-9-11-21(18)29-25-19(8-2)24(22-17(5)23(22)27-6)30-26(25)20-12-13-28-14-16(20)4;1-2-4-3-1;1-2/h8-14,17,22-23,27,29-30H,2,7H2,1,3-6H3;1-4H2;1-2H3. The first-order chi connectivity index (χ1) is 17.5. The SMILES string of the molecule is C1CCC1.C=Cc1c(C2C(C)C2NC)[nH]c(-c2ccncc2C)c1Nc1cccc(C)c1CC.CC. The number of rotatable bonds is 7. The van der Waals surface area contributed by atoms with Gasteiger partial charge in [0.05, 0.1) is 11.4 Å². The Morgan fingerprint density at radius 3 is 2.31 bits per heavy atom. The van der Waals surface area contributed by atoms with Crippen molar-refractivity contribution in [2.75, 3.05) is 12.4 Å². The van der Waals surface area contributed by atoms with Crippen LogP contribution in [0, 0.1) is 19.8 Å². The largest absolute Gasteiger partial charge is 0.356 e. The first kappa shape index (κ1) is 27.7. The summed E-state index contributed by atoms with van der Waals surface area (Å²) in [6, 6.07) is 9.05. The lowest BCUT2D eigenvalue weighted by Gasteiger charge is -2.16. The van der Waals surface area contributed by atoms with Gasteiger partial charge in [-0.1, -0.05) is 78.2 Å². The van der Waals surface area contributed by atoms with E-state index in [-0.39, 0.29) is 0 Å². The summed E-state index contributed by atoms with van der Waals surface area (Å²) < 4.78 is 0. The molecule has 3 N–H and O–H groups in total. The predicted octanol–water partition coefficient (Wildman–Crippen LogP) is 8.55. The summed E-state index contributed by atoms with van der Waals surface area (Å²) in [6.45, 7) is 17.0. The van der Waals surface area contributed by atoms with Crippen molar-refractivity contribution in [1.29, 1.82) is 0 Å². The van der Waals surface area contributed by atoms with Crippen molar-refractivity contribution in [3.8, 4) is 11.3 Å². The molecule has 2 saturated carbocycles. The molecule has 2 heterocycles. The molecule has 3 aromatic rings. The number of nitrogens with one attached hydrogen (secondary N) is 3. The van der Waals surface area contributed by atoms with E-state index in [1.165, 1.54) is 53.6 Å². The Morgan fingerprint density at radius 1 is 1.08 bits per heavy atom. The second-order valence-electron chi connectivity index (χ2n) is 9.79. The minimum Gasteiger partial charge on any atom is -0.356 e. The zero-order chi connectivity index (χ0) is 26.2. The number of likely N-dealkylation sites (N-methyl/N-ethyl adjacent to an activating group) is 1. The van der Waals surface area contributed by atoms with Gasteiger partial charge in [0.25, 0.3) is 0 Å². The van der Waals surface area contributed by atoms with Crippen molar-refractivity contribution in [1.82, 2.24) is 15.3 Å². The van der Waals surface area contributed by atoms with E-state index in [9.17, 15) is 0 Å². The minimum absolute atomic E-state index is 0.461. The van der Waals surface area contributed by atoms with Gasteiger partial charge in [-0.05, 0) is 62.1 Å². The summed E-state index contributed by atoms with van der Waals surface area (Å²) in [4.78, 5) is 8.08. The molecule has 0 amide bonds. The van der Waals surface area contributed by atoms with E-state index in [0.717, 1.165) is 29.1 Å². The van der Waals surface area contributed by atoms with Crippen LogP contribution in [-0.4, -0.2) is 23.1 Å². The van der Waals surface area contributed by atoms with Gasteiger partial charge in [0.15, 0.2) is 0 Å². The lowest BCUT2D eigenvalue weighted by Crippen LogP contribution is -2.11. The smallest absolute Gasteiger partial charge is 0.0720 e. The molecule has 0 bridgehead atoms. The summed E-state index contributed by atoms with van der Waals surface area (Å²) in [7, 11) is 2.05. The highest BCUT2D eigenvalue weighted by Gasteiger charge is 2.48. The molecule has 3 unspecified atom stereocenters. The maximum absolute atomic E-state index is 4.29. The normalized spacial score (nSPS) is 19.7. The summed E-state index contributed by atoms with van der Waals surface area (Å²) in [5, 5.41) is 7.24. The first-order valence-electron chi connectivity index (χ1n) is 13.8. The summed E-state index contributed by atoms with van der Waals surface area (Å²) in [5.41, 5.74) is 10.8. The van der Waals surface area contributed by atoms with Crippen molar-refractivity contribution in [3.63, 3.8) is 0 Å². The Bertz CT molecular complexity index is 1140. The molecule has 4 heteroatoms. The topological polar surface area (TPSA) is 52.7 Å². The van der Waals surface area contributed by atoms with Gasteiger partial charge >= 0.3 is 0 Å². The molecule has 0 spiro atoms. The highest BCUT2D eigenvalue weighted by Crippen LogP contribution is 2.51. The maximum atomic E-state index is 4.29. The van der Waals surface area contributed by atoms with Gasteiger partial charge in [0.1, 0.15) is 0 Å². The van der Waals surface area contributed by atoms with Gasteiger partial charge in [-0.15, -0.1) is 0 Å². The molecule has 194 valence electrons. The quantitative estimate of drug-likeness (QED) is 0.313. The molecular weight excluding hydrogens is 440 g/mol. The molecule has 0 radical (unpaired) electrons. The number of anilines is 2. The number of aromatic amines is 1. The van der Waals surface area contributed by atoms with E-state index < -0.39 is 0 Å². The van der Waals surface area contributed by atoms with Crippen molar-refractivity contribution < 1.29 is 0 Å². The average molecular weight is 487 g/mol. The zero-order valence-electron chi connectivity index (χ0n) is 23.5. The van der Waals surface area contributed by atoms with Crippen LogP contribution in [0.2, 0.25) is 0 Å².